The van der Waals surface area contributed by atoms with Crippen LogP contribution in [-0.2, 0) is 9.59 Å². The number of hydrogen-bond donors (Lipinski definition) is 1. The minimum atomic E-state index is -0.890. The monoisotopic (exact) mass is 318 g/mol. The van der Waals surface area contributed by atoms with Crippen molar-refractivity contribution in [3.05, 3.63) is 18.2 Å². The van der Waals surface area contributed by atoms with Gasteiger partial charge in [0, 0.05) is 25.3 Å². The minimum Gasteiger partial charge on any atom is -0.454 e. The van der Waals surface area contributed by atoms with Crippen molar-refractivity contribution in [3.8, 4) is 11.5 Å². The first-order chi connectivity index (χ1) is 11.1. The van der Waals surface area contributed by atoms with Crippen LogP contribution in [0.3, 0.4) is 0 Å². The lowest BCUT2D eigenvalue weighted by Gasteiger charge is -2.23. The maximum Gasteiger partial charge on any atom is 0.240 e. The normalized spacial score (nSPS) is 16.8. The molecule has 2 aliphatic rings. The number of fused-ring (bicyclic) bond motifs is 1. The second-order valence-electron chi connectivity index (χ2n) is 6.18. The van der Waals surface area contributed by atoms with Gasteiger partial charge >= 0.3 is 0 Å². The molecule has 0 unspecified atom stereocenters. The Kier molecular flexibility index (Phi) is 4.15. The van der Waals surface area contributed by atoms with Crippen LogP contribution >= 0.6 is 0 Å². The highest BCUT2D eigenvalue weighted by atomic mass is 16.7. The molecule has 23 heavy (non-hydrogen) atoms. The molecule has 6 nitrogen and oxygen atoms in total. The first-order valence-corrected chi connectivity index (χ1v) is 8.03. The molecule has 0 atom stereocenters. The number of benzene rings is 1. The number of nitrogens with one attached hydrogen (secondary N) is 1. The zero-order chi connectivity index (χ0) is 16.4. The zero-order valence-electron chi connectivity index (χ0n) is 13.6. The molecule has 1 aromatic carbocycles. The molecule has 0 spiro atoms. The van der Waals surface area contributed by atoms with Crippen LogP contribution in [0.5, 0.6) is 11.5 Å². The van der Waals surface area contributed by atoms with Gasteiger partial charge in [-0.25, -0.2) is 0 Å². The standard InChI is InChI=1S/C17H22N2O4/c1-3-4-9-19(2)16(21)17(7-8-17)15(20)18-12-5-6-13-14(10-12)23-11-22-13/h5-6,10H,3-4,7-9,11H2,1-2H3,(H,18,20). The van der Waals surface area contributed by atoms with Crippen molar-refractivity contribution in [2.45, 2.75) is 32.6 Å². The molecule has 1 fully saturated rings. The topological polar surface area (TPSA) is 67.9 Å². The van der Waals surface area contributed by atoms with Crippen LogP contribution in [0.2, 0.25) is 0 Å². The molecule has 1 aliphatic heterocycles. The Bertz CT molecular complexity index is 625. The van der Waals surface area contributed by atoms with Gasteiger partial charge < -0.3 is 19.7 Å². The van der Waals surface area contributed by atoms with Gasteiger partial charge in [0.2, 0.25) is 18.6 Å². The van der Waals surface area contributed by atoms with Gasteiger partial charge in [-0.2, -0.15) is 0 Å². The summed E-state index contributed by atoms with van der Waals surface area (Å²) >= 11 is 0. The SMILES string of the molecule is CCCCN(C)C(=O)C1(C(=O)Nc2ccc3c(c2)OCO3)CC1. The molecule has 2 amide bonds. The summed E-state index contributed by atoms with van der Waals surface area (Å²) in [5, 5.41) is 2.84. The Balaban J connectivity index is 1.66. The van der Waals surface area contributed by atoms with E-state index < -0.39 is 5.41 Å². The van der Waals surface area contributed by atoms with Crippen molar-refractivity contribution in [3.63, 3.8) is 0 Å². The molecule has 0 bridgehead atoms. The van der Waals surface area contributed by atoms with Crippen molar-refractivity contribution in [2.75, 3.05) is 25.7 Å². The van der Waals surface area contributed by atoms with E-state index in [0.717, 1.165) is 12.8 Å². The van der Waals surface area contributed by atoms with Gasteiger partial charge in [-0.1, -0.05) is 13.3 Å². The number of amides is 2. The van der Waals surface area contributed by atoms with E-state index in [4.69, 9.17) is 9.47 Å². The molecular weight excluding hydrogens is 296 g/mol. The summed E-state index contributed by atoms with van der Waals surface area (Å²) in [6.07, 6.45) is 3.19. The van der Waals surface area contributed by atoms with Gasteiger partial charge in [-0.15, -0.1) is 0 Å². The summed E-state index contributed by atoms with van der Waals surface area (Å²) in [4.78, 5) is 26.8. The van der Waals surface area contributed by atoms with Crippen LogP contribution in [0.4, 0.5) is 5.69 Å². The fourth-order valence-electron chi connectivity index (χ4n) is 2.75. The molecule has 0 saturated heterocycles. The molecule has 1 aliphatic carbocycles. The number of hydrogen-bond acceptors (Lipinski definition) is 4. The van der Waals surface area contributed by atoms with Crippen molar-refractivity contribution >= 4 is 17.5 Å². The van der Waals surface area contributed by atoms with Crippen LogP contribution in [-0.4, -0.2) is 37.1 Å². The van der Waals surface area contributed by atoms with Crippen LogP contribution in [0.25, 0.3) is 0 Å². The molecular formula is C17H22N2O4. The van der Waals surface area contributed by atoms with Crippen LogP contribution in [0.15, 0.2) is 18.2 Å². The first kappa shape index (κ1) is 15.6. The Hall–Kier alpha value is -2.24. The minimum absolute atomic E-state index is 0.0795. The quantitative estimate of drug-likeness (QED) is 0.818. The fourth-order valence-corrected chi connectivity index (χ4v) is 2.75. The third-order valence-corrected chi connectivity index (χ3v) is 4.42. The van der Waals surface area contributed by atoms with Crippen LogP contribution in [0.1, 0.15) is 32.6 Å². The number of carbonyl (C=O) groups is 2. The van der Waals surface area contributed by atoms with Crippen molar-refractivity contribution < 1.29 is 19.1 Å². The average Bonchev–Trinajstić information content (AvgIpc) is 3.24. The molecule has 1 heterocycles. The number of anilines is 1. The third-order valence-electron chi connectivity index (χ3n) is 4.42. The van der Waals surface area contributed by atoms with E-state index in [1.54, 1.807) is 30.1 Å². The van der Waals surface area contributed by atoms with Gasteiger partial charge in [0.05, 0.1) is 0 Å². The maximum absolute atomic E-state index is 12.6. The molecule has 0 aromatic heterocycles. The van der Waals surface area contributed by atoms with Crippen LogP contribution < -0.4 is 14.8 Å². The summed E-state index contributed by atoms with van der Waals surface area (Å²) < 4.78 is 10.6. The van der Waals surface area contributed by atoms with Gasteiger partial charge in [-0.3, -0.25) is 9.59 Å². The maximum atomic E-state index is 12.6. The Morgan fingerprint density at radius 1 is 1.26 bits per heavy atom. The number of nitrogens with zero attached hydrogens (tertiary/aromatic N) is 1. The smallest absolute Gasteiger partial charge is 0.240 e. The Morgan fingerprint density at radius 3 is 2.70 bits per heavy atom. The second-order valence-corrected chi connectivity index (χ2v) is 6.18. The van der Waals surface area contributed by atoms with Gasteiger partial charge in [0.1, 0.15) is 5.41 Å². The van der Waals surface area contributed by atoms with Gasteiger partial charge in [0.15, 0.2) is 11.5 Å². The molecule has 124 valence electrons. The Labute approximate surface area is 135 Å². The molecule has 1 aromatic rings. The highest BCUT2D eigenvalue weighted by Crippen LogP contribution is 2.48. The van der Waals surface area contributed by atoms with E-state index in [-0.39, 0.29) is 18.6 Å². The summed E-state index contributed by atoms with van der Waals surface area (Å²) in [7, 11) is 1.77. The number of unbranched alkanes of at least 4 members (excludes halogenated alkanes) is 1. The van der Waals surface area contributed by atoms with E-state index in [0.29, 0.717) is 36.6 Å². The highest BCUT2D eigenvalue weighted by Gasteiger charge is 2.57. The number of ether oxygens (including phenoxy) is 2. The van der Waals surface area contributed by atoms with Crippen molar-refractivity contribution in [2.24, 2.45) is 5.41 Å². The molecule has 6 heteroatoms. The lowest BCUT2D eigenvalue weighted by Crippen LogP contribution is -2.41. The zero-order valence-corrected chi connectivity index (χ0v) is 13.6. The van der Waals surface area contributed by atoms with E-state index in [1.807, 2.05) is 0 Å². The van der Waals surface area contributed by atoms with Crippen LogP contribution in [0, 0.1) is 5.41 Å². The van der Waals surface area contributed by atoms with Gasteiger partial charge in [-0.05, 0) is 31.4 Å². The first-order valence-electron chi connectivity index (χ1n) is 8.03. The fraction of sp³-hybridized carbons (Fsp3) is 0.529. The molecule has 1 N–H and O–H groups in total. The molecule has 0 radical (unpaired) electrons. The lowest BCUT2D eigenvalue weighted by atomic mass is 10.0. The number of rotatable bonds is 6. The summed E-state index contributed by atoms with van der Waals surface area (Å²) in [5.41, 5.74) is -0.270. The summed E-state index contributed by atoms with van der Waals surface area (Å²) in [6, 6.07) is 5.24. The van der Waals surface area contributed by atoms with E-state index in [2.05, 4.69) is 12.2 Å². The third kappa shape index (κ3) is 2.98. The average molecular weight is 318 g/mol. The van der Waals surface area contributed by atoms with Crippen molar-refractivity contribution in [1.82, 2.24) is 4.90 Å². The summed E-state index contributed by atoms with van der Waals surface area (Å²) in [5.74, 6) is 0.965. The van der Waals surface area contributed by atoms with E-state index in [1.165, 1.54) is 0 Å². The van der Waals surface area contributed by atoms with E-state index >= 15 is 0 Å². The number of carbonyl (C=O) groups excluding carboxylic acids is 2. The largest absolute Gasteiger partial charge is 0.454 e. The van der Waals surface area contributed by atoms with Gasteiger partial charge in [0.25, 0.3) is 0 Å². The second kappa shape index (κ2) is 6.10. The summed E-state index contributed by atoms with van der Waals surface area (Å²) in [6.45, 7) is 2.96. The lowest BCUT2D eigenvalue weighted by molar-refractivity contribution is -0.141. The van der Waals surface area contributed by atoms with Crippen molar-refractivity contribution in [1.29, 1.82) is 0 Å². The highest BCUT2D eigenvalue weighted by molar-refractivity contribution is 6.13. The predicted molar refractivity (Wildman–Crippen MR) is 85.4 cm³/mol. The Morgan fingerprint density at radius 2 is 2.00 bits per heavy atom. The van der Waals surface area contributed by atoms with E-state index in [9.17, 15) is 9.59 Å². The molecule has 1 saturated carbocycles. The molecule has 3 rings (SSSR count). The predicted octanol–water partition coefficient (Wildman–Crippen LogP) is 2.39.